The minimum atomic E-state index is -0.519. The lowest BCUT2D eigenvalue weighted by atomic mass is 10.3. The summed E-state index contributed by atoms with van der Waals surface area (Å²) in [7, 11) is 2.63. The number of fused-ring (bicyclic) bond motifs is 1. The van der Waals surface area contributed by atoms with Gasteiger partial charge in [-0.25, -0.2) is 0 Å². The van der Waals surface area contributed by atoms with E-state index < -0.39 is 5.79 Å². The molecule has 1 heterocycles. The number of hydrogen-bond acceptors (Lipinski definition) is 2. The van der Waals surface area contributed by atoms with Gasteiger partial charge in [-0.05, 0) is 6.07 Å². The molecule has 1 aliphatic rings. The van der Waals surface area contributed by atoms with Crippen molar-refractivity contribution in [1.29, 1.82) is 0 Å². The van der Waals surface area contributed by atoms with Gasteiger partial charge in [-0.1, -0.05) is 12.1 Å². The molecule has 3 heteroatoms. The molecule has 0 radical (unpaired) electrons. The Morgan fingerprint density at radius 3 is 2.67 bits per heavy atom. The summed E-state index contributed by atoms with van der Waals surface area (Å²) in [5.41, 5.74) is 0. The fourth-order valence-corrected chi connectivity index (χ4v) is 1.57. The summed E-state index contributed by atoms with van der Waals surface area (Å²) >= 11 is 0. The average Bonchev–Trinajstić information content (AvgIpc) is 2.25. The Bertz CT molecular complexity index is 320. The maximum atomic E-state index is 5.58. The molecule has 0 saturated heterocycles. The van der Waals surface area contributed by atoms with Crippen LogP contribution in [-0.2, 0) is 0 Å². The summed E-state index contributed by atoms with van der Waals surface area (Å²) in [5, 5.41) is 1.04. The van der Waals surface area contributed by atoms with E-state index in [4.69, 9.17) is 9.47 Å². The highest BCUT2D eigenvalue weighted by Gasteiger charge is 2.32. The van der Waals surface area contributed by atoms with E-state index in [0.717, 1.165) is 16.8 Å². The van der Waals surface area contributed by atoms with Gasteiger partial charge in [0, 0.05) is 19.2 Å². The Morgan fingerprint density at radius 2 is 2.00 bits per heavy atom. The minimum Gasteiger partial charge on any atom is -0.449 e. The summed E-state index contributed by atoms with van der Waals surface area (Å²) in [5.74, 6) is 1.15. The van der Waals surface area contributed by atoms with Crippen LogP contribution in [0.2, 0.25) is 0 Å². The first-order chi connectivity index (χ1) is 5.58. The Kier molecular flexibility index (Phi) is 1.55. The number of hydrogen-bond donors (Lipinski definition) is 0. The second-order valence-electron chi connectivity index (χ2n) is 3.28. The summed E-state index contributed by atoms with van der Waals surface area (Å²) < 4.78 is 11.1. The standard InChI is InChI=1S/C9H11O2P/c1-9(2)10-6-4-3-5-7(12)8(6)11-9/h3-5H,12H2,1-2H3. The zero-order chi connectivity index (χ0) is 8.77. The van der Waals surface area contributed by atoms with Gasteiger partial charge in [0.15, 0.2) is 11.5 Å². The molecule has 2 nitrogen and oxygen atoms in total. The quantitative estimate of drug-likeness (QED) is 0.568. The van der Waals surface area contributed by atoms with Crippen LogP contribution in [0.4, 0.5) is 0 Å². The number of benzene rings is 1. The maximum absolute atomic E-state index is 5.58. The Hall–Kier alpha value is -0.750. The summed E-state index contributed by atoms with van der Waals surface area (Å²) in [4.78, 5) is 0. The molecular weight excluding hydrogens is 171 g/mol. The first-order valence-corrected chi connectivity index (χ1v) is 4.43. The molecule has 0 amide bonds. The van der Waals surface area contributed by atoms with Crippen molar-refractivity contribution in [2.24, 2.45) is 0 Å². The number of para-hydroxylation sites is 1. The first-order valence-electron chi connectivity index (χ1n) is 3.85. The van der Waals surface area contributed by atoms with Crippen molar-refractivity contribution < 1.29 is 9.47 Å². The van der Waals surface area contributed by atoms with Gasteiger partial charge in [0.05, 0.1) is 0 Å². The van der Waals surface area contributed by atoms with Crippen LogP contribution in [0.15, 0.2) is 18.2 Å². The molecule has 1 aliphatic heterocycles. The van der Waals surface area contributed by atoms with E-state index in [1.807, 2.05) is 32.0 Å². The molecule has 1 aromatic rings. The number of rotatable bonds is 0. The predicted octanol–water partition coefficient (Wildman–Crippen LogP) is 1.69. The zero-order valence-electron chi connectivity index (χ0n) is 7.13. The van der Waals surface area contributed by atoms with Crippen molar-refractivity contribution in [3.63, 3.8) is 0 Å². The smallest absolute Gasteiger partial charge is 0.246 e. The molecule has 0 spiro atoms. The lowest BCUT2D eigenvalue weighted by Crippen LogP contribution is -2.30. The summed E-state index contributed by atoms with van der Waals surface area (Å²) in [6.07, 6.45) is 0. The summed E-state index contributed by atoms with van der Waals surface area (Å²) in [6, 6.07) is 5.85. The van der Waals surface area contributed by atoms with E-state index in [1.165, 1.54) is 0 Å². The van der Waals surface area contributed by atoms with Crippen LogP contribution in [0.5, 0.6) is 11.5 Å². The van der Waals surface area contributed by atoms with Crippen molar-refractivity contribution in [3.8, 4) is 11.5 Å². The monoisotopic (exact) mass is 182 g/mol. The molecular formula is C9H11O2P. The largest absolute Gasteiger partial charge is 0.449 e. The second kappa shape index (κ2) is 2.37. The third-order valence-electron chi connectivity index (χ3n) is 1.71. The van der Waals surface area contributed by atoms with E-state index in [1.54, 1.807) is 0 Å². The van der Waals surface area contributed by atoms with Gasteiger partial charge in [0.1, 0.15) is 0 Å². The molecule has 1 atom stereocenters. The van der Waals surface area contributed by atoms with Crippen molar-refractivity contribution in [2.75, 3.05) is 0 Å². The Balaban J connectivity index is 2.48. The van der Waals surface area contributed by atoms with Gasteiger partial charge >= 0.3 is 0 Å². The van der Waals surface area contributed by atoms with Gasteiger partial charge < -0.3 is 9.47 Å². The van der Waals surface area contributed by atoms with Crippen LogP contribution < -0.4 is 14.8 Å². The van der Waals surface area contributed by atoms with Crippen molar-refractivity contribution in [3.05, 3.63) is 18.2 Å². The van der Waals surface area contributed by atoms with Crippen LogP contribution in [0.25, 0.3) is 0 Å². The molecule has 0 bridgehead atoms. The molecule has 0 fully saturated rings. The predicted molar refractivity (Wildman–Crippen MR) is 51.1 cm³/mol. The van der Waals surface area contributed by atoms with E-state index in [-0.39, 0.29) is 0 Å². The van der Waals surface area contributed by atoms with Gasteiger partial charge in [-0.2, -0.15) is 0 Å². The topological polar surface area (TPSA) is 18.5 Å². The van der Waals surface area contributed by atoms with Crippen LogP contribution >= 0.6 is 9.24 Å². The second-order valence-corrected chi connectivity index (χ2v) is 3.90. The fraction of sp³-hybridized carbons (Fsp3) is 0.333. The average molecular weight is 182 g/mol. The van der Waals surface area contributed by atoms with Crippen molar-refractivity contribution in [1.82, 2.24) is 0 Å². The molecule has 0 saturated carbocycles. The van der Waals surface area contributed by atoms with Crippen molar-refractivity contribution >= 4 is 14.5 Å². The van der Waals surface area contributed by atoms with Gasteiger partial charge in [0.2, 0.25) is 5.79 Å². The Morgan fingerprint density at radius 1 is 1.25 bits per heavy atom. The molecule has 0 aliphatic carbocycles. The van der Waals surface area contributed by atoms with E-state index >= 15 is 0 Å². The van der Waals surface area contributed by atoms with Crippen LogP contribution in [0.1, 0.15) is 13.8 Å². The first kappa shape index (κ1) is 7.88. The zero-order valence-corrected chi connectivity index (χ0v) is 8.28. The van der Waals surface area contributed by atoms with Crippen LogP contribution in [-0.4, -0.2) is 5.79 Å². The summed E-state index contributed by atoms with van der Waals surface area (Å²) in [6.45, 7) is 3.80. The van der Waals surface area contributed by atoms with Crippen molar-refractivity contribution in [2.45, 2.75) is 19.6 Å². The molecule has 12 heavy (non-hydrogen) atoms. The number of ether oxygens (including phenoxy) is 2. The molecule has 1 unspecified atom stereocenters. The molecule has 0 N–H and O–H groups in total. The maximum Gasteiger partial charge on any atom is 0.246 e. The molecule has 1 aromatic carbocycles. The Labute approximate surface area is 74.1 Å². The molecule has 2 rings (SSSR count). The highest BCUT2D eigenvalue weighted by atomic mass is 31.0. The van der Waals surface area contributed by atoms with Gasteiger partial charge in [-0.3, -0.25) is 0 Å². The van der Waals surface area contributed by atoms with Gasteiger partial charge in [-0.15, -0.1) is 9.24 Å². The normalized spacial score (nSPS) is 17.9. The molecule has 64 valence electrons. The van der Waals surface area contributed by atoms with Crippen LogP contribution in [0, 0.1) is 0 Å². The van der Waals surface area contributed by atoms with E-state index in [9.17, 15) is 0 Å². The fourth-order valence-electron chi connectivity index (χ4n) is 1.25. The highest BCUT2D eigenvalue weighted by Crippen LogP contribution is 2.37. The highest BCUT2D eigenvalue weighted by molar-refractivity contribution is 7.27. The van der Waals surface area contributed by atoms with E-state index in [2.05, 4.69) is 9.24 Å². The van der Waals surface area contributed by atoms with Crippen LogP contribution in [0.3, 0.4) is 0 Å². The van der Waals surface area contributed by atoms with Gasteiger partial charge in [0.25, 0.3) is 0 Å². The lowest BCUT2D eigenvalue weighted by molar-refractivity contribution is -0.0427. The SMILES string of the molecule is CC1(C)Oc2cccc(P)c2O1. The minimum absolute atomic E-state index is 0.519. The molecule has 0 aromatic heterocycles. The third-order valence-corrected chi connectivity index (χ3v) is 2.17. The lowest BCUT2D eigenvalue weighted by Gasteiger charge is -2.16. The van der Waals surface area contributed by atoms with E-state index in [0.29, 0.717) is 0 Å². The third kappa shape index (κ3) is 1.16.